The van der Waals surface area contributed by atoms with Crippen molar-refractivity contribution in [1.82, 2.24) is 14.9 Å². The molecule has 10 nitrogen and oxygen atoms in total. The van der Waals surface area contributed by atoms with E-state index in [0.29, 0.717) is 66.8 Å². The summed E-state index contributed by atoms with van der Waals surface area (Å²) in [5, 5.41) is 9.19. The van der Waals surface area contributed by atoms with Crippen LogP contribution in [-0.4, -0.2) is 60.5 Å². The van der Waals surface area contributed by atoms with Crippen molar-refractivity contribution in [2.24, 2.45) is 0 Å². The predicted molar refractivity (Wildman–Crippen MR) is 121 cm³/mol. The molecular formula is C22H26N6O4. The van der Waals surface area contributed by atoms with Crippen LogP contribution in [0.3, 0.4) is 0 Å². The zero-order valence-electron chi connectivity index (χ0n) is 18.1. The lowest BCUT2D eigenvalue weighted by Crippen LogP contribution is -2.29. The van der Waals surface area contributed by atoms with E-state index in [4.69, 9.17) is 9.47 Å². The summed E-state index contributed by atoms with van der Waals surface area (Å²) >= 11 is 0. The highest BCUT2D eigenvalue weighted by atomic mass is 16.5. The fourth-order valence-corrected chi connectivity index (χ4v) is 3.57. The van der Waals surface area contributed by atoms with Gasteiger partial charge in [0.2, 0.25) is 5.91 Å². The topological polar surface area (TPSA) is 118 Å². The van der Waals surface area contributed by atoms with E-state index >= 15 is 0 Å². The van der Waals surface area contributed by atoms with Gasteiger partial charge in [-0.1, -0.05) is 0 Å². The predicted octanol–water partition coefficient (Wildman–Crippen LogP) is 2.32. The van der Waals surface area contributed by atoms with Gasteiger partial charge in [0.15, 0.2) is 11.5 Å². The molecule has 0 atom stereocenters. The number of carbonyl (C=O) groups is 2. The van der Waals surface area contributed by atoms with Crippen molar-refractivity contribution in [2.45, 2.75) is 19.3 Å². The highest BCUT2D eigenvalue weighted by molar-refractivity contribution is 6.32. The van der Waals surface area contributed by atoms with Crippen molar-refractivity contribution in [2.75, 3.05) is 49.8 Å². The van der Waals surface area contributed by atoms with Gasteiger partial charge in [-0.25, -0.2) is 9.97 Å². The van der Waals surface area contributed by atoms with Crippen LogP contribution < -0.4 is 25.4 Å². The standard InChI is InChI=1S/C22H26N6O4/c1-28-9-4-8-23-20-19-15(22(30)27-21(19)26-13-25-20)12-24-14-6-7-16(31-2)17(11-14)32-10-3-5-18(28)29/h6-7,11-13,24H,3-5,8-10H2,1-2H3,(H2,23,25,26,27,30)/b15-12+. The van der Waals surface area contributed by atoms with Gasteiger partial charge in [0.25, 0.3) is 5.91 Å². The Morgan fingerprint density at radius 3 is 2.84 bits per heavy atom. The second-order valence-electron chi connectivity index (χ2n) is 7.52. The Morgan fingerprint density at radius 2 is 2.00 bits per heavy atom. The van der Waals surface area contributed by atoms with Gasteiger partial charge in [0, 0.05) is 44.5 Å². The molecule has 0 radical (unpaired) electrons. The van der Waals surface area contributed by atoms with Gasteiger partial charge in [-0.3, -0.25) is 9.59 Å². The molecule has 0 unspecified atom stereocenters. The van der Waals surface area contributed by atoms with Crippen molar-refractivity contribution in [3.8, 4) is 11.5 Å². The summed E-state index contributed by atoms with van der Waals surface area (Å²) in [6.45, 7) is 1.59. The molecule has 2 aliphatic rings. The molecule has 2 amide bonds. The molecular weight excluding hydrogens is 412 g/mol. The van der Waals surface area contributed by atoms with Gasteiger partial charge >= 0.3 is 0 Å². The number of aromatic nitrogens is 2. The lowest BCUT2D eigenvalue weighted by atomic mass is 10.1. The second-order valence-corrected chi connectivity index (χ2v) is 7.52. The summed E-state index contributed by atoms with van der Waals surface area (Å²) < 4.78 is 11.3. The van der Waals surface area contributed by atoms with Crippen LogP contribution in [0.15, 0.2) is 30.7 Å². The van der Waals surface area contributed by atoms with E-state index in [1.54, 1.807) is 37.4 Å². The number of methoxy groups -OCH3 is 1. The van der Waals surface area contributed by atoms with Crippen LogP contribution >= 0.6 is 0 Å². The van der Waals surface area contributed by atoms with Crippen LogP contribution in [0.4, 0.5) is 17.3 Å². The Labute approximate surface area is 186 Å². The Hall–Kier alpha value is -3.82. The largest absolute Gasteiger partial charge is 0.493 e. The van der Waals surface area contributed by atoms with E-state index < -0.39 is 0 Å². The number of anilines is 3. The zero-order valence-corrected chi connectivity index (χ0v) is 18.1. The summed E-state index contributed by atoms with van der Waals surface area (Å²) in [5.41, 5.74) is 1.76. The third-order valence-electron chi connectivity index (χ3n) is 5.32. The van der Waals surface area contributed by atoms with Crippen molar-refractivity contribution >= 4 is 34.7 Å². The summed E-state index contributed by atoms with van der Waals surface area (Å²) in [7, 11) is 3.37. The number of nitrogens with zero attached hydrogens (tertiary/aromatic N) is 3. The first kappa shape index (κ1) is 21.4. The number of ether oxygens (including phenoxy) is 2. The molecule has 2 aromatic rings. The zero-order chi connectivity index (χ0) is 22.5. The number of carbonyl (C=O) groups excluding carboxylic acids is 2. The molecule has 3 N–H and O–H groups in total. The van der Waals surface area contributed by atoms with Gasteiger partial charge in [-0.05, 0) is 25.0 Å². The molecule has 1 aromatic heterocycles. The molecule has 32 heavy (non-hydrogen) atoms. The summed E-state index contributed by atoms with van der Waals surface area (Å²) in [5.74, 6) is 1.97. The fourth-order valence-electron chi connectivity index (χ4n) is 3.57. The highest BCUT2D eigenvalue weighted by Gasteiger charge is 2.29. The Morgan fingerprint density at radius 1 is 1.16 bits per heavy atom. The SMILES string of the molecule is COc1ccc2cc1OCCCC(=O)N(C)CCCNc1ncnc3c1/C(=C\N2)C(=O)N3. The maximum atomic E-state index is 12.6. The van der Waals surface area contributed by atoms with Crippen LogP contribution in [0.5, 0.6) is 11.5 Å². The van der Waals surface area contributed by atoms with E-state index in [1.807, 2.05) is 6.07 Å². The van der Waals surface area contributed by atoms with Crippen molar-refractivity contribution in [3.63, 3.8) is 0 Å². The normalized spacial score (nSPS) is 18.6. The molecule has 10 heteroatoms. The molecule has 0 saturated carbocycles. The third-order valence-corrected chi connectivity index (χ3v) is 5.32. The molecule has 3 heterocycles. The average Bonchev–Trinajstić information content (AvgIpc) is 3.12. The lowest BCUT2D eigenvalue weighted by Gasteiger charge is -2.18. The van der Waals surface area contributed by atoms with Gasteiger partial charge in [-0.2, -0.15) is 0 Å². The number of fused-ring (bicyclic) bond motifs is 2. The van der Waals surface area contributed by atoms with Gasteiger partial charge < -0.3 is 30.3 Å². The first-order valence-electron chi connectivity index (χ1n) is 10.5. The first-order chi connectivity index (χ1) is 15.6. The maximum absolute atomic E-state index is 12.6. The number of benzene rings is 1. The minimum absolute atomic E-state index is 0.0695. The van der Waals surface area contributed by atoms with Crippen molar-refractivity contribution in [3.05, 3.63) is 36.3 Å². The molecule has 0 saturated heterocycles. The van der Waals surface area contributed by atoms with Gasteiger partial charge in [0.1, 0.15) is 18.0 Å². The number of amides is 2. The maximum Gasteiger partial charge on any atom is 0.259 e. The minimum Gasteiger partial charge on any atom is -0.493 e. The van der Waals surface area contributed by atoms with Crippen LogP contribution in [0.1, 0.15) is 24.8 Å². The van der Waals surface area contributed by atoms with Crippen LogP contribution in [0.2, 0.25) is 0 Å². The van der Waals surface area contributed by atoms with Crippen molar-refractivity contribution in [1.29, 1.82) is 0 Å². The molecule has 0 spiro atoms. The smallest absolute Gasteiger partial charge is 0.259 e. The third kappa shape index (κ3) is 4.58. The average molecular weight is 438 g/mol. The number of hydrogen-bond acceptors (Lipinski definition) is 8. The number of rotatable bonds is 1. The van der Waals surface area contributed by atoms with Crippen molar-refractivity contribution < 1.29 is 19.1 Å². The fraction of sp³-hybridized carbons (Fsp3) is 0.364. The van der Waals surface area contributed by atoms with Gasteiger partial charge in [0.05, 0.1) is 24.9 Å². The monoisotopic (exact) mass is 438 g/mol. The summed E-state index contributed by atoms with van der Waals surface area (Å²) in [6, 6.07) is 5.40. The number of hydrogen-bond donors (Lipinski definition) is 3. The van der Waals surface area contributed by atoms with Gasteiger partial charge in [-0.15, -0.1) is 0 Å². The second kappa shape index (κ2) is 9.54. The van der Waals surface area contributed by atoms with E-state index in [2.05, 4.69) is 25.9 Å². The summed E-state index contributed by atoms with van der Waals surface area (Å²) in [6.07, 6.45) is 4.78. The molecule has 1 aromatic carbocycles. The lowest BCUT2D eigenvalue weighted by molar-refractivity contribution is -0.130. The van der Waals surface area contributed by atoms with E-state index in [-0.39, 0.29) is 11.8 Å². The van der Waals surface area contributed by atoms with Crippen LogP contribution in [0.25, 0.3) is 5.57 Å². The van der Waals surface area contributed by atoms with E-state index in [0.717, 1.165) is 12.1 Å². The van der Waals surface area contributed by atoms with Crippen LogP contribution in [0, 0.1) is 0 Å². The first-order valence-corrected chi connectivity index (χ1v) is 10.5. The Bertz CT molecular complexity index is 1050. The quantitative estimate of drug-likeness (QED) is 0.621. The van der Waals surface area contributed by atoms with Crippen LogP contribution in [-0.2, 0) is 9.59 Å². The molecule has 168 valence electrons. The molecule has 2 bridgehead atoms. The Kier molecular flexibility index (Phi) is 6.39. The molecule has 0 fully saturated rings. The molecule has 2 aliphatic heterocycles. The van der Waals surface area contributed by atoms with E-state index in [9.17, 15) is 9.59 Å². The highest BCUT2D eigenvalue weighted by Crippen LogP contribution is 2.35. The molecule has 4 rings (SSSR count). The van der Waals surface area contributed by atoms with E-state index in [1.165, 1.54) is 6.33 Å². The Balaban J connectivity index is 1.66. The molecule has 0 aliphatic carbocycles. The minimum atomic E-state index is -0.263. The number of nitrogens with one attached hydrogen (secondary N) is 3. The summed E-state index contributed by atoms with van der Waals surface area (Å²) in [4.78, 5) is 35.2.